The Morgan fingerprint density at radius 1 is 1.46 bits per heavy atom. The van der Waals surface area contributed by atoms with E-state index in [1.807, 2.05) is 0 Å². The maximum absolute atomic E-state index is 10.7. The van der Waals surface area contributed by atoms with Crippen LogP contribution in [0.2, 0.25) is 0 Å². The second-order valence-corrected chi connectivity index (χ2v) is 2.79. The fraction of sp³-hybridized carbons (Fsp3) is 0.778. The van der Waals surface area contributed by atoms with E-state index in [1.165, 1.54) is 0 Å². The van der Waals surface area contributed by atoms with Crippen molar-refractivity contribution >= 4 is 23.3 Å². The van der Waals surface area contributed by atoms with Crippen LogP contribution in [0.3, 0.4) is 0 Å². The molecule has 0 N–H and O–H groups in total. The Kier molecular flexibility index (Phi) is 8.83. The first-order valence-electron chi connectivity index (χ1n) is 4.50. The highest BCUT2D eigenvalue weighted by atomic mass is 32.1. The Bertz CT molecular complexity index is 188. The van der Waals surface area contributed by atoms with Gasteiger partial charge in [-0.1, -0.05) is 6.92 Å². The molecule has 0 aromatic rings. The van der Waals surface area contributed by atoms with Gasteiger partial charge in [0.05, 0.1) is 11.8 Å². The summed E-state index contributed by atoms with van der Waals surface area (Å²) in [4.78, 5) is 14.5. The lowest BCUT2D eigenvalue weighted by Gasteiger charge is -2.01. The third-order valence-corrected chi connectivity index (χ3v) is 1.66. The van der Waals surface area contributed by atoms with Crippen LogP contribution in [-0.2, 0) is 9.53 Å². The van der Waals surface area contributed by atoms with Gasteiger partial charge < -0.3 is 4.74 Å². The van der Waals surface area contributed by atoms with Gasteiger partial charge >= 0.3 is 5.97 Å². The SMILES string of the molecule is CCC(=O)OCCCCCN=C=S. The Morgan fingerprint density at radius 2 is 2.23 bits per heavy atom. The lowest BCUT2D eigenvalue weighted by molar-refractivity contribution is -0.143. The molecule has 0 aromatic carbocycles. The van der Waals surface area contributed by atoms with Gasteiger partial charge in [-0.3, -0.25) is 4.79 Å². The van der Waals surface area contributed by atoms with Gasteiger partial charge in [-0.2, -0.15) is 0 Å². The summed E-state index contributed by atoms with van der Waals surface area (Å²) in [5.41, 5.74) is 0. The molecule has 0 saturated carbocycles. The summed E-state index contributed by atoms with van der Waals surface area (Å²) in [5.74, 6) is -0.128. The van der Waals surface area contributed by atoms with Crippen LogP contribution >= 0.6 is 12.2 Å². The third-order valence-electron chi connectivity index (χ3n) is 1.53. The molecule has 0 saturated heterocycles. The normalized spacial score (nSPS) is 9.00. The number of nitrogens with zero attached hydrogens (tertiary/aromatic N) is 1. The average Bonchev–Trinajstić information content (AvgIpc) is 2.16. The number of carbonyl (C=O) groups is 1. The zero-order valence-electron chi connectivity index (χ0n) is 7.91. The van der Waals surface area contributed by atoms with Crippen LogP contribution in [0.25, 0.3) is 0 Å². The summed E-state index contributed by atoms with van der Waals surface area (Å²) in [6.45, 7) is 3.04. The molecular formula is C9H15NO2S. The van der Waals surface area contributed by atoms with E-state index in [-0.39, 0.29) is 5.97 Å². The highest BCUT2D eigenvalue weighted by Gasteiger charge is 1.96. The molecule has 0 atom stereocenters. The standard InChI is InChI=1S/C9H15NO2S/c1-2-9(11)12-7-5-3-4-6-10-8-13/h2-7H2,1H3. The van der Waals surface area contributed by atoms with Crippen molar-refractivity contribution in [3.05, 3.63) is 0 Å². The monoisotopic (exact) mass is 201 g/mol. The quantitative estimate of drug-likeness (QED) is 0.274. The summed E-state index contributed by atoms with van der Waals surface area (Å²) < 4.78 is 4.89. The molecule has 0 spiro atoms. The second kappa shape index (κ2) is 9.36. The fourth-order valence-corrected chi connectivity index (χ4v) is 0.895. The first-order valence-corrected chi connectivity index (χ1v) is 4.91. The molecule has 74 valence electrons. The molecule has 0 aliphatic rings. The van der Waals surface area contributed by atoms with Crippen molar-refractivity contribution in [3.8, 4) is 0 Å². The molecule has 0 radical (unpaired) electrons. The molecule has 0 bridgehead atoms. The molecule has 0 aliphatic carbocycles. The van der Waals surface area contributed by atoms with Gasteiger partial charge in [0.15, 0.2) is 0 Å². The largest absolute Gasteiger partial charge is 0.466 e. The van der Waals surface area contributed by atoms with Crippen molar-refractivity contribution in [2.45, 2.75) is 32.6 Å². The van der Waals surface area contributed by atoms with E-state index in [2.05, 4.69) is 22.4 Å². The number of esters is 1. The summed E-state index contributed by atoms with van der Waals surface area (Å²) in [6, 6.07) is 0. The van der Waals surface area contributed by atoms with Crippen molar-refractivity contribution in [2.24, 2.45) is 4.99 Å². The molecule has 13 heavy (non-hydrogen) atoms. The molecule has 0 unspecified atom stereocenters. The van der Waals surface area contributed by atoms with Gasteiger partial charge in [0.2, 0.25) is 0 Å². The molecule has 4 heteroatoms. The number of carbonyl (C=O) groups excluding carboxylic acids is 1. The fourth-order valence-electron chi connectivity index (χ4n) is 0.803. The minimum absolute atomic E-state index is 0.128. The van der Waals surface area contributed by atoms with Gasteiger partial charge in [-0.05, 0) is 31.5 Å². The van der Waals surface area contributed by atoms with Crippen LogP contribution in [0.1, 0.15) is 32.6 Å². The minimum atomic E-state index is -0.128. The zero-order chi connectivity index (χ0) is 9.94. The van der Waals surface area contributed by atoms with E-state index >= 15 is 0 Å². The van der Waals surface area contributed by atoms with Crippen molar-refractivity contribution in [1.82, 2.24) is 0 Å². The lowest BCUT2D eigenvalue weighted by Crippen LogP contribution is -2.03. The van der Waals surface area contributed by atoms with Crippen LogP contribution in [-0.4, -0.2) is 24.3 Å². The van der Waals surface area contributed by atoms with E-state index in [1.54, 1.807) is 6.92 Å². The molecule has 0 rings (SSSR count). The number of thiocarbonyl (C=S) groups is 1. The predicted molar refractivity (Wildman–Crippen MR) is 55.0 cm³/mol. The number of hydrogen-bond acceptors (Lipinski definition) is 4. The zero-order valence-corrected chi connectivity index (χ0v) is 8.73. The summed E-state index contributed by atoms with van der Waals surface area (Å²) in [5, 5.41) is 2.31. The van der Waals surface area contributed by atoms with Crippen LogP contribution in [0.5, 0.6) is 0 Å². The van der Waals surface area contributed by atoms with Gasteiger partial charge in [0.25, 0.3) is 0 Å². The van der Waals surface area contributed by atoms with E-state index in [0.717, 1.165) is 25.8 Å². The molecule has 3 nitrogen and oxygen atoms in total. The van der Waals surface area contributed by atoms with E-state index in [0.29, 0.717) is 13.0 Å². The van der Waals surface area contributed by atoms with Crippen LogP contribution in [0.15, 0.2) is 4.99 Å². The number of unbranched alkanes of at least 4 members (excludes halogenated alkanes) is 2. The van der Waals surface area contributed by atoms with E-state index in [9.17, 15) is 4.79 Å². The lowest BCUT2D eigenvalue weighted by atomic mass is 10.2. The highest BCUT2D eigenvalue weighted by molar-refractivity contribution is 7.78. The van der Waals surface area contributed by atoms with Gasteiger partial charge in [0.1, 0.15) is 0 Å². The molecule has 0 aromatic heterocycles. The number of aliphatic imine (C=N–C) groups is 1. The maximum atomic E-state index is 10.7. The van der Waals surface area contributed by atoms with Crippen molar-refractivity contribution in [3.63, 3.8) is 0 Å². The predicted octanol–water partition coefficient (Wildman–Crippen LogP) is 2.21. The molecule has 0 aliphatic heterocycles. The van der Waals surface area contributed by atoms with Gasteiger partial charge in [0, 0.05) is 13.0 Å². The summed E-state index contributed by atoms with van der Waals surface area (Å²) in [6.07, 6.45) is 3.35. The number of hydrogen-bond donors (Lipinski definition) is 0. The van der Waals surface area contributed by atoms with E-state index in [4.69, 9.17) is 4.74 Å². The average molecular weight is 201 g/mol. The van der Waals surface area contributed by atoms with Crippen LogP contribution in [0.4, 0.5) is 0 Å². The van der Waals surface area contributed by atoms with Gasteiger partial charge in [-0.25, -0.2) is 4.99 Å². The molecule has 0 amide bonds. The Balaban J connectivity index is 3.08. The van der Waals surface area contributed by atoms with Crippen molar-refractivity contribution in [1.29, 1.82) is 0 Å². The first kappa shape index (κ1) is 12.3. The topological polar surface area (TPSA) is 38.7 Å². The maximum Gasteiger partial charge on any atom is 0.305 e. The molecule has 0 fully saturated rings. The minimum Gasteiger partial charge on any atom is -0.466 e. The smallest absolute Gasteiger partial charge is 0.305 e. The highest BCUT2D eigenvalue weighted by Crippen LogP contribution is 1.97. The van der Waals surface area contributed by atoms with Crippen molar-refractivity contribution < 1.29 is 9.53 Å². The van der Waals surface area contributed by atoms with Gasteiger partial charge in [-0.15, -0.1) is 0 Å². The van der Waals surface area contributed by atoms with Crippen LogP contribution < -0.4 is 0 Å². The van der Waals surface area contributed by atoms with Crippen molar-refractivity contribution in [2.75, 3.05) is 13.2 Å². The Hall–Kier alpha value is -0.730. The van der Waals surface area contributed by atoms with Crippen LogP contribution in [0, 0.1) is 0 Å². The summed E-state index contributed by atoms with van der Waals surface area (Å²) in [7, 11) is 0. The number of ether oxygens (including phenoxy) is 1. The molecular weight excluding hydrogens is 186 g/mol. The third kappa shape index (κ3) is 9.18. The molecule has 0 heterocycles. The Morgan fingerprint density at radius 3 is 2.85 bits per heavy atom. The number of isothiocyanates is 1. The summed E-state index contributed by atoms with van der Waals surface area (Å²) >= 11 is 4.42. The number of rotatable bonds is 7. The Labute approximate surface area is 84.2 Å². The second-order valence-electron chi connectivity index (χ2n) is 2.61. The van der Waals surface area contributed by atoms with E-state index < -0.39 is 0 Å². The first-order chi connectivity index (χ1) is 6.31.